The third-order valence-electron chi connectivity index (χ3n) is 3.02. The highest BCUT2D eigenvalue weighted by atomic mass is 32.2. The van der Waals surface area contributed by atoms with E-state index in [2.05, 4.69) is 5.32 Å². The van der Waals surface area contributed by atoms with Crippen LogP contribution in [0.4, 0.5) is 22.0 Å². The third kappa shape index (κ3) is 8.67. The fraction of sp³-hybridized carbons (Fsp3) is 1.00. The number of halogens is 5. The van der Waals surface area contributed by atoms with Crippen LogP contribution in [-0.4, -0.2) is 51.6 Å². The molecule has 0 aliphatic rings. The molecule has 0 aromatic carbocycles. The Labute approximate surface area is 123 Å². The van der Waals surface area contributed by atoms with Crippen LogP contribution in [0.25, 0.3) is 0 Å². The zero-order valence-corrected chi connectivity index (χ0v) is 12.9. The largest absolute Gasteiger partial charge is 0.453 e. The lowest BCUT2D eigenvalue weighted by atomic mass is 10.2. The first-order valence-corrected chi connectivity index (χ1v) is 8.17. The molecule has 0 bridgehead atoms. The summed E-state index contributed by atoms with van der Waals surface area (Å²) in [6, 6.07) is -0.121. The Kier molecular flexibility index (Phi) is 8.87. The summed E-state index contributed by atoms with van der Waals surface area (Å²) in [6.07, 6.45) is -7.34. The van der Waals surface area contributed by atoms with Crippen LogP contribution in [0.15, 0.2) is 0 Å². The predicted molar refractivity (Wildman–Crippen MR) is 71.9 cm³/mol. The number of aliphatic hydroxyl groups is 1. The summed E-state index contributed by atoms with van der Waals surface area (Å²) in [7, 11) is -1.41. The number of aliphatic hydroxyl groups excluding tert-OH is 1. The molecule has 0 aromatic heterocycles. The van der Waals surface area contributed by atoms with E-state index in [1.54, 1.807) is 13.8 Å². The molecule has 21 heavy (non-hydrogen) atoms. The molecule has 128 valence electrons. The average molecular weight is 339 g/mol. The number of nitrogens with one attached hydrogen (secondary N) is 1. The van der Waals surface area contributed by atoms with Crippen LogP contribution in [0.5, 0.6) is 0 Å². The van der Waals surface area contributed by atoms with Crippen LogP contribution in [-0.2, 0) is 10.8 Å². The number of hydrogen-bond acceptors (Lipinski definition) is 3. The molecule has 0 saturated heterocycles. The molecule has 0 aromatic rings. The second-order valence-corrected chi connectivity index (χ2v) is 6.69. The first-order chi connectivity index (χ1) is 9.47. The summed E-state index contributed by atoms with van der Waals surface area (Å²) < 4.78 is 72.3. The molecule has 0 radical (unpaired) electrons. The van der Waals surface area contributed by atoms with E-state index in [0.717, 1.165) is 0 Å². The normalized spacial score (nSPS) is 17.5. The lowest BCUT2D eigenvalue weighted by molar-refractivity contribution is -0.284. The van der Waals surface area contributed by atoms with E-state index in [0.29, 0.717) is 13.0 Å². The van der Waals surface area contributed by atoms with E-state index in [4.69, 9.17) is 0 Å². The van der Waals surface area contributed by atoms with Crippen molar-refractivity contribution in [2.24, 2.45) is 0 Å². The lowest BCUT2D eigenvalue weighted by Crippen LogP contribution is -2.36. The van der Waals surface area contributed by atoms with Gasteiger partial charge in [-0.05, 0) is 33.2 Å². The molecule has 0 aliphatic heterocycles. The maximum absolute atomic E-state index is 12.6. The molecular weight excluding hydrogens is 317 g/mol. The third-order valence-corrected chi connectivity index (χ3v) is 4.50. The van der Waals surface area contributed by atoms with E-state index in [1.165, 1.54) is 0 Å². The Morgan fingerprint density at radius 1 is 1.10 bits per heavy atom. The highest BCUT2D eigenvalue weighted by molar-refractivity contribution is 7.84. The number of hydrogen-bond donors (Lipinski definition) is 2. The van der Waals surface area contributed by atoms with Gasteiger partial charge in [0, 0.05) is 34.8 Å². The van der Waals surface area contributed by atoms with Gasteiger partial charge >= 0.3 is 12.1 Å². The Balaban J connectivity index is 3.78. The van der Waals surface area contributed by atoms with Crippen LogP contribution >= 0.6 is 0 Å². The van der Waals surface area contributed by atoms with Crippen LogP contribution in [0, 0.1) is 0 Å². The minimum Gasteiger partial charge on any atom is -0.392 e. The molecule has 9 heteroatoms. The highest BCUT2D eigenvalue weighted by Crippen LogP contribution is 2.38. The standard InChI is InChI=1S/C12H22F5NO2S/c1-9(10(2)19)18-6-4-8-21(20)7-3-5-11(13,14)12(15,16)17/h9-10,18-19H,3-8H2,1-2H3. The van der Waals surface area contributed by atoms with Crippen molar-refractivity contribution in [1.29, 1.82) is 0 Å². The lowest BCUT2D eigenvalue weighted by Gasteiger charge is -2.19. The van der Waals surface area contributed by atoms with Crippen LogP contribution in [0.1, 0.15) is 33.1 Å². The number of rotatable bonds is 10. The fourth-order valence-electron chi connectivity index (χ4n) is 1.43. The van der Waals surface area contributed by atoms with E-state index in [1.807, 2.05) is 0 Å². The average Bonchev–Trinajstić information content (AvgIpc) is 2.32. The SMILES string of the molecule is CC(O)C(C)NCCCS(=O)CCCC(F)(F)C(F)(F)F. The van der Waals surface area contributed by atoms with E-state index in [9.17, 15) is 31.3 Å². The van der Waals surface area contributed by atoms with Gasteiger partial charge in [-0.1, -0.05) is 0 Å². The molecule has 2 N–H and O–H groups in total. The molecule has 3 nitrogen and oxygen atoms in total. The second kappa shape index (κ2) is 8.99. The second-order valence-electron chi connectivity index (χ2n) is 4.99. The zero-order valence-electron chi connectivity index (χ0n) is 12.1. The van der Waals surface area contributed by atoms with Gasteiger partial charge in [0.05, 0.1) is 6.10 Å². The summed E-state index contributed by atoms with van der Waals surface area (Å²) in [6.45, 7) is 3.90. The fourth-order valence-corrected chi connectivity index (χ4v) is 2.57. The van der Waals surface area contributed by atoms with Crippen molar-refractivity contribution in [3.8, 4) is 0 Å². The van der Waals surface area contributed by atoms with Crippen LogP contribution < -0.4 is 5.32 Å². The summed E-state index contributed by atoms with van der Waals surface area (Å²) in [5.41, 5.74) is 0. The van der Waals surface area contributed by atoms with Gasteiger partial charge in [0.25, 0.3) is 0 Å². The summed E-state index contributed by atoms with van der Waals surface area (Å²) in [5.74, 6) is -4.65. The van der Waals surface area contributed by atoms with Crippen LogP contribution in [0.3, 0.4) is 0 Å². The first-order valence-electron chi connectivity index (χ1n) is 6.68. The van der Waals surface area contributed by atoms with Gasteiger partial charge in [-0.25, -0.2) is 0 Å². The molecule has 3 unspecified atom stereocenters. The van der Waals surface area contributed by atoms with Crippen molar-refractivity contribution in [3.05, 3.63) is 0 Å². The van der Waals surface area contributed by atoms with Crippen LogP contribution in [0.2, 0.25) is 0 Å². The van der Waals surface area contributed by atoms with E-state index < -0.39 is 41.8 Å². The van der Waals surface area contributed by atoms with Crippen molar-refractivity contribution >= 4 is 10.8 Å². The number of alkyl halides is 5. The van der Waals surface area contributed by atoms with Crippen molar-refractivity contribution < 1.29 is 31.3 Å². The van der Waals surface area contributed by atoms with Crippen molar-refractivity contribution in [1.82, 2.24) is 5.32 Å². The van der Waals surface area contributed by atoms with Gasteiger partial charge < -0.3 is 10.4 Å². The molecule has 0 rings (SSSR count). The minimum atomic E-state index is -5.55. The van der Waals surface area contributed by atoms with Gasteiger partial charge in [-0.3, -0.25) is 4.21 Å². The maximum Gasteiger partial charge on any atom is 0.453 e. The molecular formula is C12H22F5NO2S. The van der Waals surface area contributed by atoms with Crippen molar-refractivity contribution in [2.45, 2.75) is 57.4 Å². The Morgan fingerprint density at radius 2 is 1.62 bits per heavy atom. The van der Waals surface area contributed by atoms with Gasteiger partial charge in [-0.2, -0.15) is 22.0 Å². The summed E-state index contributed by atoms with van der Waals surface area (Å²) in [4.78, 5) is 0. The molecule has 0 amide bonds. The molecule has 0 spiro atoms. The van der Waals surface area contributed by atoms with Crippen molar-refractivity contribution in [2.75, 3.05) is 18.1 Å². The monoisotopic (exact) mass is 339 g/mol. The van der Waals surface area contributed by atoms with E-state index >= 15 is 0 Å². The maximum atomic E-state index is 12.6. The van der Waals surface area contributed by atoms with E-state index in [-0.39, 0.29) is 17.5 Å². The molecule has 3 atom stereocenters. The smallest absolute Gasteiger partial charge is 0.392 e. The quantitative estimate of drug-likeness (QED) is 0.475. The van der Waals surface area contributed by atoms with Gasteiger partial charge in [0.15, 0.2) is 0 Å². The summed E-state index contributed by atoms with van der Waals surface area (Å²) >= 11 is 0. The van der Waals surface area contributed by atoms with Gasteiger partial charge in [-0.15, -0.1) is 0 Å². The summed E-state index contributed by atoms with van der Waals surface area (Å²) in [5, 5.41) is 12.2. The van der Waals surface area contributed by atoms with Gasteiger partial charge in [0.2, 0.25) is 0 Å². The van der Waals surface area contributed by atoms with Crippen molar-refractivity contribution in [3.63, 3.8) is 0 Å². The first kappa shape index (κ1) is 20.7. The molecule has 0 aliphatic carbocycles. The topological polar surface area (TPSA) is 49.3 Å². The Hall–Kier alpha value is -0.280. The van der Waals surface area contributed by atoms with Gasteiger partial charge in [0.1, 0.15) is 0 Å². The molecule has 0 heterocycles. The molecule has 0 fully saturated rings. The predicted octanol–water partition coefficient (Wildman–Crippen LogP) is 2.46. The zero-order chi connectivity index (χ0) is 16.7. The highest BCUT2D eigenvalue weighted by Gasteiger charge is 2.56. The Bertz CT molecular complexity index is 323. The Morgan fingerprint density at radius 3 is 2.10 bits per heavy atom. The molecule has 0 saturated carbocycles. The minimum absolute atomic E-state index is 0.121.